The van der Waals surface area contributed by atoms with Gasteiger partial charge < -0.3 is 20.5 Å². The van der Waals surface area contributed by atoms with Crippen LogP contribution in [0.15, 0.2) is 53.3 Å². The predicted octanol–water partition coefficient (Wildman–Crippen LogP) is 3.44. The molecule has 3 atom stereocenters. The van der Waals surface area contributed by atoms with Crippen molar-refractivity contribution in [3.63, 3.8) is 0 Å². The summed E-state index contributed by atoms with van der Waals surface area (Å²) in [5.74, 6) is -0.581. The number of rotatable bonds is 4. The van der Waals surface area contributed by atoms with Crippen molar-refractivity contribution in [2.45, 2.75) is 30.4 Å². The minimum Gasteiger partial charge on any atom is -0.395 e. The van der Waals surface area contributed by atoms with Crippen LogP contribution in [0.4, 0.5) is 0 Å². The average Bonchev–Trinajstić information content (AvgIpc) is 2.70. The zero-order chi connectivity index (χ0) is 20.6. The van der Waals surface area contributed by atoms with Crippen LogP contribution in [0.25, 0.3) is 10.9 Å². The summed E-state index contributed by atoms with van der Waals surface area (Å²) in [5, 5.41) is 26.5. The third-order valence-electron chi connectivity index (χ3n) is 5.70. The van der Waals surface area contributed by atoms with Gasteiger partial charge in [-0.05, 0) is 66.7 Å². The van der Waals surface area contributed by atoms with Gasteiger partial charge in [0.1, 0.15) is 0 Å². The first-order chi connectivity index (χ1) is 13.9. The molecule has 1 aliphatic heterocycles. The molecule has 29 heavy (non-hydrogen) atoms. The Kier molecular flexibility index (Phi) is 5.69. The van der Waals surface area contributed by atoms with Gasteiger partial charge in [0.2, 0.25) is 0 Å². The summed E-state index contributed by atoms with van der Waals surface area (Å²) in [5.41, 5.74) is 0.479. The number of hydrogen-bond donors (Lipinski definition) is 4. The number of fused-ring (bicyclic) bond motifs is 1. The molecular weight excluding hydrogens is 411 g/mol. The van der Waals surface area contributed by atoms with Crippen LogP contribution in [0.1, 0.15) is 29.9 Å². The highest BCUT2D eigenvalue weighted by Crippen LogP contribution is 2.41. The molecular formula is C22H22Cl2N2O3. The Morgan fingerprint density at radius 2 is 1.83 bits per heavy atom. The second kappa shape index (κ2) is 8.09. The number of piperidine rings is 1. The van der Waals surface area contributed by atoms with Crippen molar-refractivity contribution < 1.29 is 10.2 Å². The normalized spacial score (nSPS) is 23.2. The van der Waals surface area contributed by atoms with E-state index >= 15 is 0 Å². The summed E-state index contributed by atoms with van der Waals surface area (Å²) >= 11 is 12.2. The average molecular weight is 433 g/mol. The molecule has 3 unspecified atom stereocenters. The molecule has 152 valence electrons. The summed E-state index contributed by atoms with van der Waals surface area (Å²) < 4.78 is 0. The first-order valence-corrected chi connectivity index (χ1v) is 10.3. The van der Waals surface area contributed by atoms with Gasteiger partial charge in [0.15, 0.2) is 0 Å². The second-order valence-electron chi connectivity index (χ2n) is 7.66. The van der Waals surface area contributed by atoms with Gasteiger partial charge in [-0.15, -0.1) is 0 Å². The SMILES string of the molecule is O=c1[nH]c2ccc(Cl)cc2cc1C(c1ccc(Cl)cc1)C1(O)CCNC(CO)C1. The van der Waals surface area contributed by atoms with Crippen molar-refractivity contribution in [1.29, 1.82) is 0 Å². The number of hydrogen-bond acceptors (Lipinski definition) is 4. The zero-order valence-corrected chi connectivity index (χ0v) is 17.2. The molecule has 4 N–H and O–H groups in total. The Morgan fingerprint density at radius 1 is 1.10 bits per heavy atom. The van der Waals surface area contributed by atoms with Gasteiger partial charge in [0.25, 0.3) is 5.56 Å². The number of nitrogens with one attached hydrogen (secondary N) is 2. The fourth-order valence-corrected chi connectivity index (χ4v) is 4.63. The van der Waals surface area contributed by atoms with Gasteiger partial charge in [-0.2, -0.15) is 0 Å². The van der Waals surface area contributed by atoms with Crippen LogP contribution in [-0.2, 0) is 0 Å². The Balaban J connectivity index is 1.91. The molecule has 1 saturated heterocycles. The Morgan fingerprint density at radius 3 is 2.55 bits per heavy atom. The van der Waals surface area contributed by atoms with E-state index in [9.17, 15) is 15.0 Å². The topological polar surface area (TPSA) is 85.4 Å². The summed E-state index contributed by atoms with van der Waals surface area (Å²) in [6, 6.07) is 14.0. The van der Waals surface area contributed by atoms with E-state index in [0.29, 0.717) is 40.5 Å². The fourth-order valence-electron chi connectivity index (χ4n) is 4.33. The highest BCUT2D eigenvalue weighted by molar-refractivity contribution is 6.31. The number of benzene rings is 2. The van der Waals surface area contributed by atoms with Crippen molar-refractivity contribution in [2.75, 3.05) is 13.2 Å². The van der Waals surface area contributed by atoms with Crippen molar-refractivity contribution in [2.24, 2.45) is 0 Å². The molecule has 2 heterocycles. The molecule has 2 aromatic carbocycles. The first kappa shape index (κ1) is 20.4. The minimum atomic E-state index is -1.20. The van der Waals surface area contributed by atoms with E-state index in [1.165, 1.54) is 0 Å². The van der Waals surface area contributed by atoms with Gasteiger partial charge in [-0.1, -0.05) is 35.3 Å². The molecule has 3 aromatic rings. The third-order valence-corrected chi connectivity index (χ3v) is 6.18. The molecule has 0 radical (unpaired) electrons. The van der Waals surface area contributed by atoms with Crippen molar-refractivity contribution in [3.8, 4) is 0 Å². The van der Waals surface area contributed by atoms with E-state index in [0.717, 1.165) is 10.9 Å². The van der Waals surface area contributed by atoms with Gasteiger partial charge in [0, 0.05) is 33.1 Å². The van der Waals surface area contributed by atoms with Gasteiger partial charge in [0.05, 0.1) is 12.2 Å². The van der Waals surface area contributed by atoms with Crippen LogP contribution >= 0.6 is 23.2 Å². The number of H-pyrrole nitrogens is 1. The number of aliphatic hydroxyl groups excluding tert-OH is 1. The molecule has 0 aliphatic carbocycles. The largest absolute Gasteiger partial charge is 0.395 e. The number of aliphatic hydroxyl groups is 2. The quantitative estimate of drug-likeness (QED) is 0.508. The summed E-state index contributed by atoms with van der Waals surface area (Å²) in [4.78, 5) is 16.0. The standard InChI is InChI=1S/C22H22Cl2N2O3/c23-15-3-1-13(2-4-15)20(22(29)7-8-25-17(11-22)12-27)18-10-14-9-16(24)5-6-19(14)26-21(18)28/h1-6,9-10,17,20,25,27,29H,7-8,11-12H2,(H,26,28). The van der Waals surface area contributed by atoms with E-state index in [1.54, 1.807) is 36.4 Å². The van der Waals surface area contributed by atoms with Gasteiger partial charge in [-0.25, -0.2) is 0 Å². The Hall–Kier alpha value is -1.89. The lowest BCUT2D eigenvalue weighted by Crippen LogP contribution is -2.53. The van der Waals surface area contributed by atoms with Gasteiger partial charge in [-0.3, -0.25) is 4.79 Å². The van der Waals surface area contributed by atoms with Crippen molar-refractivity contribution in [1.82, 2.24) is 10.3 Å². The number of pyridine rings is 1. The maximum Gasteiger partial charge on any atom is 0.252 e. The van der Waals surface area contributed by atoms with E-state index in [2.05, 4.69) is 10.3 Å². The van der Waals surface area contributed by atoms with E-state index < -0.39 is 11.5 Å². The molecule has 0 amide bonds. The smallest absolute Gasteiger partial charge is 0.252 e. The lowest BCUT2D eigenvalue weighted by molar-refractivity contribution is -0.0259. The number of aromatic nitrogens is 1. The summed E-state index contributed by atoms with van der Waals surface area (Å²) in [7, 11) is 0. The van der Waals surface area contributed by atoms with Crippen molar-refractivity contribution in [3.05, 3.63) is 80.1 Å². The molecule has 5 nitrogen and oxygen atoms in total. The Labute approximate surface area is 178 Å². The van der Waals surface area contributed by atoms with E-state index in [4.69, 9.17) is 23.2 Å². The molecule has 4 rings (SSSR count). The molecule has 1 aliphatic rings. The fraction of sp³-hybridized carbons (Fsp3) is 0.318. The molecule has 0 spiro atoms. The van der Waals surface area contributed by atoms with Crippen LogP contribution in [0.3, 0.4) is 0 Å². The number of halogens is 2. The van der Waals surface area contributed by atoms with Crippen LogP contribution in [0.2, 0.25) is 10.0 Å². The third kappa shape index (κ3) is 4.06. The Bertz CT molecular complexity index is 1080. The van der Waals surface area contributed by atoms with Crippen LogP contribution in [0.5, 0.6) is 0 Å². The van der Waals surface area contributed by atoms with Crippen molar-refractivity contribution >= 4 is 34.1 Å². The van der Waals surface area contributed by atoms with E-state index in [1.807, 2.05) is 12.1 Å². The zero-order valence-electron chi connectivity index (χ0n) is 15.7. The second-order valence-corrected chi connectivity index (χ2v) is 8.53. The molecule has 1 aromatic heterocycles. The van der Waals surface area contributed by atoms with Crippen LogP contribution in [-0.4, -0.2) is 40.0 Å². The van der Waals surface area contributed by atoms with Crippen LogP contribution in [0, 0.1) is 0 Å². The molecule has 0 saturated carbocycles. The lowest BCUT2D eigenvalue weighted by atomic mass is 9.71. The molecule has 7 heteroatoms. The maximum absolute atomic E-state index is 13.0. The predicted molar refractivity (Wildman–Crippen MR) is 116 cm³/mol. The number of aromatic amines is 1. The molecule has 0 bridgehead atoms. The summed E-state index contributed by atoms with van der Waals surface area (Å²) in [6.07, 6.45) is 0.771. The monoisotopic (exact) mass is 432 g/mol. The highest BCUT2D eigenvalue weighted by atomic mass is 35.5. The van der Waals surface area contributed by atoms with Crippen LogP contribution < -0.4 is 10.9 Å². The molecule has 1 fully saturated rings. The highest BCUT2D eigenvalue weighted by Gasteiger charge is 2.43. The first-order valence-electron chi connectivity index (χ1n) is 9.54. The lowest BCUT2D eigenvalue weighted by Gasteiger charge is -2.42. The van der Waals surface area contributed by atoms with Gasteiger partial charge >= 0.3 is 0 Å². The maximum atomic E-state index is 13.0. The minimum absolute atomic E-state index is 0.0840. The van der Waals surface area contributed by atoms with E-state index in [-0.39, 0.29) is 18.2 Å². The summed E-state index contributed by atoms with van der Waals surface area (Å²) in [6.45, 7) is 0.461.